The van der Waals surface area contributed by atoms with Crippen molar-refractivity contribution in [1.29, 1.82) is 0 Å². The molecule has 5 rings (SSSR count). The largest absolute Gasteiger partial charge is 0.497 e. The smallest absolute Gasteiger partial charge is 0.325 e. The molecule has 2 aromatic carbocycles. The van der Waals surface area contributed by atoms with Gasteiger partial charge in [-0.1, -0.05) is 41.7 Å². The summed E-state index contributed by atoms with van der Waals surface area (Å²) in [7, 11) is 1.60. The molecule has 3 aromatic rings. The maximum absolute atomic E-state index is 13.5. The maximum Gasteiger partial charge on any atom is 0.325 e. The quantitative estimate of drug-likeness (QED) is 0.540. The number of aromatic nitrogens is 1. The Labute approximate surface area is 195 Å². The van der Waals surface area contributed by atoms with E-state index < -0.39 is 11.6 Å². The molecule has 2 fully saturated rings. The van der Waals surface area contributed by atoms with Crippen molar-refractivity contribution in [2.75, 3.05) is 18.6 Å². The predicted molar refractivity (Wildman–Crippen MR) is 125 cm³/mol. The van der Waals surface area contributed by atoms with Crippen molar-refractivity contribution in [1.82, 2.24) is 15.2 Å². The van der Waals surface area contributed by atoms with E-state index in [1.807, 2.05) is 48.5 Å². The molecule has 1 atom stereocenters. The molecule has 1 aliphatic carbocycles. The number of urea groups is 1. The number of hydrogen-bond acceptors (Lipinski definition) is 6. The number of nitrogens with one attached hydrogen (secondary N) is 1. The first-order valence-electron chi connectivity index (χ1n) is 10.8. The maximum atomic E-state index is 13.5. The number of anilines is 1. The van der Waals surface area contributed by atoms with Crippen LogP contribution in [-0.4, -0.2) is 46.9 Å². The lowest BCUT2D eigenvalue weighted by Gasteiger charge is -2.23. The molecule has 0 radical (unpaired) electrons. The Morgan fingerprint density at radius 2 is 2.00 bits per heavy atom. The van der Waals surface area contributed by atoms with Crippen molar-refractivity contribution in [2.45, 2.75) is 31.8 Å². The summed E-state index contributed by atoms with van der Waals surface area (Å²) in [5.74, 6) is 0.136. The molecule has 170 valence electrons. The molecule has 8 nitrogen and oxygen atoms in total. The van der Waals surface area contributed by atoms with Gasteiger partial charge in [-0.2, -0.15) is 0 Å². The molecule has 4 amide bonds. The van der Waals surface area contributed by atoms with Gasteiger partial charge < -0.3 is 10.1 Å². The number of methoxy groups -OCH3 is 1. The van der Waals surface area contributed by atoms with E-state index in [4.69, 9.17) is 4.74 Å². The van der Waals surface area contributed by atoms with E-state index in [0.717, 1.165) is 33.5 Å². The average Bonchev–Trinajstić information content (AvgIpc) is 3.56. The van der Waals surface area contributed by atoms with Gasteiger partial charge in [0.1, 0.15) is 17.8 Å². The minimum absolute atomic E-state index is 0.133. The summed E-state index contributed by atoms with van der Waals surface area (Å²) < 4.78 is 6.18. The first-order chi connectivity index (χ1) is 15.9. The summed E-state index contributed by atoms with van der Waals surface area (Å²) in [4.78, 5) is 46.3. The van der Waals surface area contributed by atoms with Crippen LogP contribution in [-0.2, 0) is 16.1 Å². The van der Waals surface area contributed by atoms with Gasteiger partial charge in [-0.15, -0.1) is 0 Å². The van der Waals surface area contributed by atoms with Crippen LogP contribution in [0.25, 0.3) is 10.2 Å². The Hall–Kier alpha value is -3.46. The number of fused-ring (bicyclic) bond motifs is 1. The molecule has 0 bridgehead atoms. The number of carbonyl (C=O) groups excluding carboxylic acids is 3. The van der Waals surface area contributed by atoms with Crippen LogP contribution in [0, 0.1) is 5.92 Å². The first-order valence-corrected chi connectivity index (χ1v) is 11.6. The summed E-state index contributed by atoms with van der Waals surface area (Å²) in [6.07, 6.45) is 1.80. The second kappa shape index (κ2) is 8.15. The zero-order valence-electron chi connectivity index (χ0n) is 18.4. The van der Waals surface area contributed by atoms with Gasteiger partial charge in [0, 0.05) is 0 Å². The van der Waals surface area contributed by atoms with E-state index in [-0.39, 0.29) is 30.8 Å². The van der Waals surface area contributed by atoms with E-state index in [2.05, 4.69) is 10.3 Å². The normalized spacial score (nSPS) is 20.2. The van der Waals surface area contributed by atoms with Crippen molar-refractivity contribution < 1.29 is 19.1 Å². The fourth-order valence-corrected chi connectivity index (χ4v) is 5.19. The molecule has 1 aromatic heterocycles. The van der Waals surface area contributed by atoms with Gasteiger partial charge >= 0.3 is 6.03 Å². The predicted octanol–water partition coefficient (Wildman–Crippen LogP) is 3.56. The van der Waals surface area contributed by atoms with E-state index >= 15 is 0 Å². The SMILES string of the molecule is COc1ccc2nc(N(Cc3ccccc3)C(=O)CN3C(=O)NC(C)(C4CC4)C3=O)sc2c1. The zero-order chi connectivity index (χ0) is 23.2. The number of imide groups is 1. The van der Waals surface area contributed by atoms with Crippen molar-refractivity contribution in [3.8, 4) is 5.75 Å². The molecule has 1 saturated carbocycles. The fraction of sp³-hybridized carbons (Fsp3) is 0.333. The Bertz CT molecular complexity index is 1240. The molecule has 1 N–H and O–H groups in total. The topological polar surface area (TPSA) is 91.8 Å². The highest BCUT2D eigenvalue weighted by Crippen LogP contribution is 2.42. The minimum atomic E-state index is -0.923. The van der Waals surface area contributed by atoms with Crippen LogP contribution in [0.4, 0.5) is 9.93 Å². The number of amides is 4. The van der Waals surface area contributed by atoms with Gasteiger partial charge in [0.15, 0.2) is 5.13 Å². The second-order valence-electron chi connectivity index (χ2n) is 8.59. The molecular formula is C24H24N4O4S. The summed E-state index contributed by atoms with van der Waals surface area (Å²) in [6, 6.07) is 14.6. The Morgan fingerprint density at radius 1 is 1.24 bits per heavy atom. The highest BCUT2D eigenvalue weighted by Gasteiger charge is 2.56. The zero-order valence-corrected chi connectivity index (χ0v) is 19.2. The van der Waals surface area contributed by atoms with Crippen LogP contribution in [0.5, 0.6) is 5.75 Å². The third kappa shape index (κ3) is 3.93. The lowest BCUT2D eigenvalue weighted by Crippen LogP contribution is -2.47. The molecule has 9 heteroatoms. The van der Waals surface area contributed by atoms with Crippen LogP contribution in [0.2, 0.25) is 0 Å². The summed E-state index contributed by atoms with van der Waals surface area (Å²) in [5, 5.41) is 3.30. The molecule has 33 heavy (non-hydrogen) atoms. The fourth-order valence-electron chi connectivity index (χ4n) is 4.18. The highest BCUT2D eigenvalue weighted by atomic mass is 32.1. The molecule has 0 spiro atoms. The lowest BCUT2D eigenvalue weighted by atomic mass is 9.96. The van der Waals surface area contributed by atoms with Crippen molar-refractivity contribution in [2.24, 2.45) is 5.92 Å². The molecule has 2 heterocycles. The Morgan fingerprint density at radius 3 is 2.70 bits per heavy atom. The lowest BCUT2D eigenvalue weighted by molar-refractivity contribution is -0.134. The summed E-state index contributed by atoms with van der Waals surface area (Å²) in [5.41, 5.74) is 0.745. The van der Waals surface area contributed by atoms with Gasteiger partial charge in [0.25, 0.3) is 5.91 Å². The molecule has 2 aliphatic rings. The number of carbonyl (C=O) groups is 3. The van der Waals surface area contributed by atoms with Crippen LogP contribution in [0.1, 0.15) is 25.3 Å². The third-order valence-corrected chi connectivity index (χ3v) is 7.33. The van der Waals surface area contributed by atoms with Gasteiger partial charge in [0.2, 0.25) is 5.91 Å². The monoisotopic (exact) mass is 464 g/mol. The average molecular weight is 465 g/mol. The van der Waals surface area contributed by atoms with E-state index in [9.17, 15) is 14.4 Å². The number of hydrogen-bond donors (Lipinski definition) is 1. The molecule has 1 unspecified atom stereocenters. The number of thiazole rings is 1. The van der Waals surface area contributed by atoms with Gasteiger partial charge in [0.05, 0.1) is 23.9 Å². The highest BCUT2D eigenvalue weighted by molar-refractivity contribution is 7.22. The Balaban J connectivity index is 1.45. The van der Waals surface area contributed by atoms with Crippen molar-refractivity contribution >= 4 is 44.5 Å². The number of ether oxygens (including phenoxy) is 1. The van der Waals surface area contributed by atoms with Crippen LogP contribution >= 0.6 is 11.3 Å². The number of benzene rings is 2. The molecular weight excluding hydrogens is 440 g/mol. The van der Waals surface area contributed by atoms with Crippen LogP contribution < -0.4 is 15.0 Å². The first kappa shape index (κ1) is 21.4. The van der Waals surface area contributed by atoms with Crippen LogP contribution in [0.3, 0.4) is 0 Å². The van der Waals surface area contributed by atoms with E-state index in [1.54, 1.807) is 18.9 Å². The van der Waals surface area contributed by atoms with Gasteiger partial charge in [-0.25, -0.2) is 9.78 Å². The number of nitrogens with zero attached hydrogens (tertiary/aromatic N) is 3. The molecule has 1 saturated heterocycles. The standard InChI is InChI=1S/C24H24N4O4S/c1-24(16-8-9-16)21(30)28(22(31)26-24)14-20(29)27(13-15-6-4-3-5-7-15)23-25-18-11-10-17(32-2)12-19(18)33-23/h3-7,10-12,16H,8-9,13-14H2,1-2H3,(H,26,31). The van der Waals surface area contributed by atoms with Crippen LogP contribution in [0.15, 0.2) is 48.5 Å². The third-order valence-electron chi connectivity index (χ3n) is 6.29. The summed E-state index contributed by atoms with van der Waals surface area (Å²) >= 11 is 1.37. The second-order valence-corrected chi connectivity index (χ2v) is 9.60. The van der Waals surface area contributed by atoms with Crippen molar-refractivity contribution in [3.05, 3.63) is 54.1 Å². The van der Waals surface area contributed by atoms with Crippen molar-refractivity contribution in [3.63, 3.8) is 0 Å². The van der Waals surface area contributed by atoms with E-state index in [0.29, 0.717) is 10.9 Å². The number of rotatable bonds is 7. The van der Waals surface area contributed by atoms with Gasteiger partial charge in [-0.3, -0.25) is 19.4 Å². The summed E-state index contributed by atoms with van der Waals surface area (Å²) in [6.45, 7) is 1.69. The van der Waals surface area contributed by atoms with Gasteiger partial charge in [-0.05, 0) is 49.4 Å². The Kier molecular flexibility index (Phi) is 5.28. The molecule has 1 aliphatic heterocycles. The van der Waals surface area contributed by atoms with E-state index in [1.165, 1.54) is 11.3 Å². The minimum Gasteiger partial charge on any atom is -0.497 e.